The van der Waals surface area contributed by atoms with Gasteiger partial charge in [0.1, 0.15) is 10.3 Å². The predicted molar refractivity (Wildman–Crippen MR) is 71.5 cm³/mol. The van der Waals surface area contributed by atoms with Crippen molar-refractivity contribution in [1.29, 1.82) is 0 Å². The number of H-pyrrole nitrogens is 1. The van der Waals surface area contributed by atoms with Crippen LogP contribution in [0.25, 0.3) is 0 Å². The second-order valence-corrected chi connectivity index (χ2v) is 6.01. The Kier molecular flexibility index (Phi) is 4.49. The van der Waals surface area contributed by atoms with E-state index in [1.165, 1.54) is 0 Å². The first-order valence-corrected chi connectivity index (χ1v) is 6.35. The van der Waals surface area contributed by atoms with Gasteiger partial charge in [-0.2, -0.15) is 0 Å². The molecule has 17 heavy (non-hydrogen) atoms. The number of rotatable bonds is 3. The second kappa shape index (κ2) is 5.31. The fourth-order valence-corrected chi connectivity index (χ4v) is 2.32. The van der Waals surface area contributed by atoms with Crippen molar-refractivity contribution in [3.63, 3.8) is 0 Å². The summed E-state index contributed by atoms with van der Waals surface area (Å²) < 4.78 is 5.59. The van der Waals surface area contributed by atoms with E-state index in [1.807, 2.05) is 27.7 Å². The lowest BCUT2D eigenvalue weighted by Crippen LogP contribution is -2.25. The van der Waals surface area contributed by atoms with Crippen LogP contribution in [0.5, 0.6) is 0 Å². The van der Waals surface area contributed by atoms with Gasteiger partial charge < -0.3 is 9.72 Å². The van der Waals surface area contributed by atoms with Gasteiger partial charge in [0.25, 0.3) is 5.56 Å². The highest BCUT2D eigenvalue weighted by molar-refractivity contribution is 9.10. The molecule has 1 unspecified atom stereocenters. The van der Waals surface area contributed by atoms with Crippen LogP contribution in [-0.4, -0.2) is 23.7 Å². The third-order valence-corrected chi connectivity index (χ3v) is 3.21. The topological polar surface area (TPSA) is 55.0 Å². The van der Waals surface area contributed by atoms with Crippen molar-refractivity contribution in [2.75, 3.05) is 13.7 Å². The van der Waals surface area contributed by atoms with E-state index < -0.39 is 0 Å². The number of methoxy groups -OCH3 is 1. The zero-order valence-corrected chi connectivity index (χ0v) is 12.5. The Balaban J connectivity index is 3.29. The molecule has 1 rings (SSSR count). The second-order valence-electron chi connectivity index (χ2n) is 5.22. The maximum atomic E-state index is 11.8. The molecule has 0 spiro atoms. The molecule has 0 aliphatic carbocycles. The number of ether oxygens (including phenoxy) is 1. The van der Waals surface area contributed by atoms with Gasteiger partial charge >= 0.3 is 0 Å². The van der Waals surface area contributed by atoms with E-state index in [4.69, 9.17) is 4.74 Å². The minimum absolute atomic E-state index is 0.0712. The average Bonchev–Trinajstić information content (AvgIpc) is 2.20. The first-order valence-electron chi connectivity index (χ1n) is 5.56. The monoisotopic (exact) mass is 302 g/mol. The van der Waals surface area contributed by atoms with Crippen molar-refractivity contribution < 1.29 is 4.74 Å². The SMILES string of the molecule is COCC(C)c1nc(C(C)(C)C)c(Br)c(=O)[nH]1. The summed E-state index contributed by atoms with van der Waals surface area (Å²) in [4.78, 5) is 19.2. The van der Waals surface area contributed by atoms with Gasteiger partial charge in [-0.15, -0.1) is 0 Å². The van der Waals surface area contributed by atoms with Crippen LogP contribution >= 0.6 is 15.9 Å². The molecule has 4 nitrogen and oxygen atoms in total. The molecule has 0 aliphatic heterocycles. The lowest BCUT2D eigenvalue weighted by atomic mass is 9.92. The average molecular weight is 303 g/mol. The van der Waals surface area contributed by atoms with Gasteiger partial charge in [0, 0.05) is 18.4 Å². The summed E-state index contributed by atoms with van der Waals surface area (Å²) >= 11 is 3.30. The van der Waals surface area contributed by atoms with E-state index in [0.717, 1.165) is 5.69 Å². The molecule has 1 N–H and O–H groups in total. The lowest BCUT2D eigenvalue weighted by Gasteiger charge is -2.21. The van der Waals surface area contributed by atoms with E-state index in [9.17, 15) is 4.79 Å². The molecule has 0 saturated carbocycles. The van der Waals surface area contributed by atoms with E-state index in [2.05, 4.69) is 25.9 Å². The van der Waals surface area contributed by atoms with Crippen molar-refractivity contribution in [2.45, 2.75) is 39.0 Å². The molecule has 96 valence electrons. The Labute approximate surface area is 110 Å². The highest BCUT2D eigenvalue weighted by atomic mass is 79.9. The van der Waals surface area contributed by atoms with Gasteiger partial charge in [0.2, 0.25) is 0 Å². The quantitative estimate of drug-likeness (QED) is 0.933. The molecule has 0 saturated heterocycles. The molecular formula is C12H19BrN2O2. The fraction of sp³-hybridized carbons (Fsp3) is 0.667. The number of hydrogen-bond donors (Lipinski definition) is 1. The number of nitrogens with one attached hydrogen (secondary N) is 1. The summed E-state index contributed by atoms with van der Waals surface area (Å²) in [5.41, 5.74) is 0.469. The Morgan fingerprint density at radius 1 is 1.47 bits per heavy atom. The summed E-state index contributed by atoms with van der Waals surface area (Å²) in [6, 6.07) is 0. The van der Waals surface area contributed by atoms with E-state index >= 15 is 0 Å². The molecule has 0 aromatic carbocycles. The third-order valence-electron chi connectivity index (χ3n) is 2.47. The normalized spacial score (nSPS) is 13.8. The van der Waals surface area contributed by atoms with Gasteiger partial charge in [-0.05, 0) is 15.9 Å². The predicted octanol–water partition coefficient (Wildman–Crippen LogP) is 2.58. The first-order chi connectivity index (χ1) is 7.77. The fourth-order valence-electron chi connectivity index (χ4n) is 1.54. The summed E-state index contributed by atoms with van der Waals surface area (Å²) in [5.74, 6) is 0.742. The van der Waals surface area contributed by atoms with Gasteiger partial charge in [-0.3, -0.25) is 4.79 Å². The van der Waals surface area contributed by atoms with Crippen LogP contribution in [0.3, 0.4) is 0 Å². The largest absolute Gasteiger partial charge is 0.384 e. The summed E-state index contributed by atoms with van der Waals surface area (Å²) in [6.45, 7) is 8.61. The van der Waals surface area contributed by atoms with Gasteiger partial charge in [-0.25, -0.2) is 4.98 Å². The van der Waals surface area contributed by atoms with E-state index in [-0.39, 0.29) is 16.9 Å². The molecule has 0 fully saturated rings. The molecule has 1 heterocycles. The van der Waals surface area contributed by atoms with E-state index in [1.54, 1.807) is 7.11 Å². The van der Waals surface area contributed by atoms with Crippen molar-refractivity contribution in [1.82, 2.24) is 9.97 Å². The van der Waals surface area contributed by atoms with Crippen LogP contribution in [0.1, 0.15) is 45.1 Å². The third kappa shape index (κ3) is 3.39. The number of aromatic nitrogens is 2. The Morgan fingerprint density at radius 3 is 2.53 bits per heavy atom. The zero-order chi connectivity index (χ0) is 13.2. The number of aromatic amines is 1. The summed E-state index contributed by atoms with van der Waals surface area (Å²) in [7, 11) is 1.64. The van der Waals surface area contributed by atoms with Gasteiger partial charge in [0.05, 0.1) is 12.3 Å². The molecule has 0 amide bonds. The van der Waals surface area contributed by atoms with Crippen LogP contribution in [0.2, 0.25) is 0 Å². The zero-order valence-electron chi connectivity index (χ0n) is 10.9. The van der Waals surface area contributed by atoms with Gasteiger partial charge in [-0.1, -0.05) is 27.7 Å². The Bertz CT molecular complexity index is 449. The molecule has 0 radical (unpaired) electrons. The molecule has 1 aromatic rings. The van der Waals surface area contributed by atoms with E-state index in [0.29, 0.717) is 16.9 Å². The molecular weight excluding hydrogens is 284 g/mol. The summed E-state index contributed by atoms with van der Waals surface area (Å²) in [6.07, 6.45) is 0. The standard InChI is InChI=1S/C12H19BrN2O2/c1-7(6-17-5)10-14-9(12(2,3)4)8(13)11(16)15-10/h7H,6H2,1-5H3,(H,14,15,16). The lowest BCUT2D eigenvalue weighted by molar-refractivity contribution is 0.181. The first kappa shape index (κ1) is 14.4. The molecule has 0 aliphatic rings. The highest BCUT2D eigenvalue weighted by Crippen LogP contribution is 2.26. The molecule has 1 atom stereocenters. The smallest absolute Gasteiger partial charge is 0.265 e. The molecule has 5 heteroatoms. The number of hydrogen-bond acceptors (Lipinski definition) is 3. The Morgan fingerprint density at radius 2 is 2.06 bits per heavy atom. The van der Waals surface area contributed by atoms with Crippen molar-refractivity contribution >= 4 is 15.9 Å². The van der Waals surface area contributed by atoms with Crippen LogP contribution in [0.4, 0.5) is 0 Å². The highest BCUT2D eigenvalue weighted by Gasteiger charge is 2.23. The van der Waals surface area contributed by atoms with Crippen LogP contribution < -0.4 is 5.56 Å². The Hall–Kier alpha value is -0.680. The molecule has 1 aromatic heterocycles. The van der Waals surface area contributed by atoms with Crippen LogP contribution in [0.15, 0.2) is 9.27 Å². The van der Waals surface area contributed by atoms with Crippen molar-refractivity contribution in [3.05, 3.63) is 26.3 Å². The van der Waals surface area contributed by atoms with Crippen LogP contribution in [0, 0.1) is 0 Å². The minimum Gasteiger partial charge on any atom is -0.384 e. The van der Waals surface area contributed by atoms with Crippen molar-refractivity contribution in [3.8, 4) is 0 Å². The number of nitrogens with zero attached hydrogens (tertiary/aromatic N) is 1. The maximum Gasteiger partial charge on any atom is 0.265 e. The number of halogens is 1. The van der Waals surface area contributed by atoms with Gasteiger partial charge in [0.15, 0.2) is 0 Å². The molecule has 0 bridgehead atoms. The summed E-state index contributed by atoms with van der Waals surface area (Å²) in [5, 5.41) is 0. The van der Waals surface area contributed by atoms with Crippen molar-refractivity contribution in [2.24, 2.45) is 0 Å². The van der Waals surface area contributed by atoms with Crippen LogP contribution in [-0.2, 0) is 10.2 Å². The minimum atomic E-state index is -0.172. The maximum absolute atomic E-state index is 11.8.